The van der Waals surface area contributed by atoms with Crippen molar-refractivity contribution in [3.8, 4) is 11.1 Å². The summed E-state index contributed by atoms with van der Waals surface area (Å²) in [5.74, 6) is -0.391. The largest absolute Gasteiger partial charge is 0.313 e. The van der Waals surface area contributed by atoms with Gasteiger partial charge in [-0.3, -0.25) is 0 Å². The van der Waals surface area contributed by atoms with Crippen LogP contribution in [0.1, 0.15) is 18.9 Å². The van der Waals surface area contributed by atoms with E-state index in [0.717, 1.165) is 25.1 Å². The van der Waals surface area contributed by atoms with Gasteiger partial charge < -0.3 is 5.32 Å². The Kier molecular flexibility index (Phi) is 5.58. The fourth-order valence-electron chi connectivity index (χ4n) is 1.96. The average Bonchev–Trinajstić information content (AvgIpc) is 2.46. The molecule has 0 unspecified atom stereocenters. The highest BCUT2D eigenvalue weighted by Crippen LogP contribution is 2.33. The van der Waals surface area contributed by atoms with Crippen LogP contribution in [0.2, 0.25) is 5.02 Å². The Morgan fingerprint density at radius 2 is 1.85 bits per heavy atom. The van der Waals surface area contributed by atoms with Gasteiger partial charge in [0.2, 0.25) is 0 Å². The van der Waals surface area contributed by atoms with Gasteiger partial charge in [-0.15, -0.1) is 0 Å². The molecular formula is C16H16BrClFN. The van der Waals surface area contributed by atoms with Crippen LogP contribution in [-0.4, -0.2) is 6.54 Å². The van der Waals surface area contributed by atoms with Crippen LogP contribution in [0.5, 0.6) is 0 Å². The molecule has 0 saturated carbocycles. The molecule has 1 nitrogen and oxygen atoms in total. The number of halogens is 3. The molecule has 0 aromatic heterocycles. The molecule has 0 spiro atoms. The van der Waals surface area contributed by atoms with Crippen molar-refractivity contribution in [3.05, 3.63) is 57.3 Å². The average molecular weight is 357 g/mol. The molecule has 0 aliphatic rings. The van der Waals surface area contributed by atoms with E-state index in [9.17, 15) is 4.39 Å². The third-order valence-corrected chi connectivity index (χ3v) is 4.31. The molecular weight excluding hydrogens is 341 g/mol. The molecule has 106 valence electrons. The van der Waals surface area contributed by atoms with Crippen molar-refractivity contribution in [1.82, 2.24) is 5.32 Å². The summed E-state index contributed by atoms with van der Waals surface area (Å²) in [6.45, 7) is 3.96. The number of benzene rings is 2. The van der Waals surface area contributed by atoms with Gasteiger partial charge in [-0.2, -0.15) is 0 Å². The van der Waals surface area contributed by atoms with Crippen molar-refractivity contribution >= 4 is 27.5 Å². The van der Waals surface area contributed by atoms with Crippen molar-refractivity contribution in [1.29, 1.82) is 0 Å². The van der Waals surface area contributed by atoms with E-state index in [1.807, 2.05) is 24.3 Å². The van der Waals surface area contributed by atoms with Crippen LogP contribution in [0.15, 0.2) is 40.9 Å². The number of rotatable bonds is 5. The molecule has 0 saturated heterocycles. The molecule has 20 heavy (non-hydrogen) atoms. The highest BCUT2D eigenvalue weighted by molar-refractivity contribution is 9.10. The van der Waals surface area contributed by atoms with E-state index in [4.69, 9.17) is 11.6 Å². The first-order valence-corrected chi connectivity index (χ1v) is 7.74. The van der Waals surface area contributed by atoms with E-state index in [-0.39, 0.29) is 5.02 Å². The van der Waals surface area contributed by atoms with E-state index in [0.29, 0.717) is 10.0 Å². The molecule has 0 fully saturated rings. The summed E-state index contributed by atoms with van der Waals surface area (Å²) in [7, 11) is 0. The lowest BCUT2D eigenvalue weighted by atomic mass is 10.0. The monoisotopic (exact) mass is 355 g/mol. The van der Waals surface area contributed by atoms with Gasteiger partial charge in [0.15, 0.2) is 5.82 Å². The highest BCUT2D eigenvalue weighted by atomic mass is 79.9. The summed E-state index contributed by atoms with van der Waals surface area (Å²) in [5, 5.41) is 3.46. The third-order valence-electron chi connectivity index (χ3n) is 3.06. The van der Waals surface area contributed by atoms with Gasteiger partial charge in [-0.1, -0.05) is 48.9 Å². The summed E-state index contributed by atoms with van der Waals surface area (Å²) in [6.07, 6.45) is 1.11. The summed E-state index contributed by atoms with van der Waals surface area (Å²) < 4.78 is 14.7. The van der Waals surface area contributed by atoms with Gasteiger partial charge in [-0.25, -0.2) is 4.39 Å². The first-order chi connectivity index (χ1) is 9.63. The zero-order chi connectivity index (χ0) is 14.5. The molecule has 0 bridgehead atoms. The Morgan fingerprint density at radius 1 is 1.15 bits per heavy atom. The van der Waals surface area contributed by atoms with Crippen LogP contribution in [0.25, 0.3) is 11.1 Å². The quantitative estimate of drug-likeness (QED) is 0.558. The van der Waals surface area contributed by atoms with Crippen LogP contribution in [-0.2, 0) is 6.54 Å². The van der Waals surface area contributed by atoms with Gasteiger partial charge in [0.05, 0.1) is 5.02 Å². The van der Waals surface area contributed by atoms with Gasteiger partial charge in [0, 0.05) is 16.6 Å². The molecule has 2 aromatic rings. The SMILES string of the molecule is CCCNCc1ccc(-c2ccc(Br)c(Cl)c2F)cc1. The topological polar surface area (TPSA) is 12.0 Å². The first-order valence-electron chi connectivity index (χ1n) is 6.57. The maximum absolute atomic E-state index is 14.1. The second-order valence-corrected chi connectivity index (χ2v) is 5.83. The smallest absolute Gasteiger partial charge is 0.150 e. The molecule has 0 atom stereocenters. The van der Waals surface area contributed by atoms with Crippen molar-refractivity contribution in [2.24, 2.45) is 0 Å². The van der Waals surface area contributed by atoms with Crippen LogP contribution in [0.3, 0.4) is 0 Å². The van der Waals surface area contributed by atoms with Gasteiger partial charge >= 0.3 is 0 Å². The van der Waals surface area contributed by atoms with E-state index in [2.05, 4.69) is 28.2 Å². The molecule has 0 radical (unpaired) electrons. The zero-order valence-corrected chi connectivity index (χ0v) is 13.6. The Balaban J connectivity index is 2.20. The van der Waals surface area contributed by atoms with E-state index in [1.54, 1.807) is 12.1 Å². The minimum atomic E-state index is -0.391. The molecule has 0 aliphatic heterocycles. The second-order valence-electron chi connectivity index (χ2n) is 4.60. The van der Waals surface area contributed by atoms with Crippen molar-refractivity contribution < 1.29 is 4.39 Å². The Morgan fingerprint density at radius 3 is 2.50 bits per heavy atom. The molecule has 0 aliphatic carbocycles. The zero-order valence-electron chi connectivity index (χ0n) is 11.2. The molecule has 2 rings (SSSR count). The Bertz CT molecular complexity index is 584. The maximum Gasteiger partial charge on any atom is 0.150 e. The van der Waals surface area contributed by atoms with Gasteiger partial charge in [-0.05, 0) is 46.1 Å². The predicted octanol–water partition coefficient (Wildman–Crippen LogP) is 5.41. The van der Waals surface area contributed by atoms with E-state index < -0.39 is 5.82 Å². The second kappa shape index (κ2) is 7.21. The number of hydrogen-bond donors (Lipinski definition) is 1. The molecule has 4 heteroatoms. The van der Waals surface area contributed by atoms with Crippen molar-refractivity contribution in [2.45, 2.75) is 19.9 Å². The first kappa shape index (κ1) is 15.5. The lowest BCUT2D eigenvalue weighted by molar-refractivity contribution is 0.631. The maximum atomic E-state index is 14.1. The van der Waals surface area contributed by atoms with Crippen LogP contribution in [0, 0.1) is 5.82 Å². The fraction of sp³-hybridized carbons (Fsp3) is 0.250. The molecule has 2 aromatic carbocycles. The summed E-state index contributed by atoms with van der Waals surface area (Å²) in [6, 6.07) is 11.4. The molecule has 0 amide bonds. The minimum absolute atomic E-state index is 0.121. The van der Waals surface area contributed by atoms with Crippen LogP contribution >= 0.6 is 27.5 Å². The predicted molar refractivity (Wildman–Crippen MR) is 86.5 cm³/mol. The molecule has 0 heterocycles. The van der Waals surface area contributed by atoms with E-state index in [1.165, 1.54) is 5.56 Å². The van der Waals surface area contributed by atoms with Crippen molar-refractivity contribution in [2.75, 3.05) is 6.54 Å². The minimum Gasteiger partial charge on any atom is -0.313 e. The van der Waals surface area contributed by atoms with Crippen LogP contribution in [0.4, 0.5) is 4.39 Å². The van der Waals surface area contributed by atoms with Crippen LogP contribution < -0.4 is 5.32 Å². The standard InChI is InChI=1S/C16H16BrClFN/c1-2-9-20-10-11-3-5-12(6-4-11)13-7-8-14(17)15(18)16(13)19/h3-8,20H,2,9-10H2,1H3. The van der Waals surface area contributed by atoms with Gasteiger partial charge in [0.25, 0.3) is 0 Å². The normalized spacial score (nSPS) is 10.8. The highest BCUT2D eigenvalue weighted by Gasteiger charge is 2.11. The number of hydrogen-bond acceptors (Lipinski definition) is 1. The van der Waals surface area contributed by atoms with E-state index >= 15 is 0 Å². The van der Waals surface area contributed by atoms with Gasteiger partial charge in [0.1, 0.15) is 0 Å². The third kappa shape index (κ3) is 3.60. The van der Waals surface area contributed by atoms with Crippen molar-refractivity contribution in [3.63, 3.8) is 0 Å². The number of nitrogens with one attached hydrogen (secondary N) is 1. The lowest BCUT2D eigenvalue weighted by Crippen LogP contribution is -2.13. The summed E-state index contributed by atoms with van der Waals surface area (Å²) in [4.78, 5) is 0. The Labute approximate surface area is 132 Å². The summed E-state index contributed by atoms with van der Waals surface area (Å²) in [5.41, 5.74) is 2.54. The fourth-order valence-corrected chi connectivity index (χ4v) is 2.43. The lowest BCUT2D eigenvalue weighted by Gasteiger charge is -2.08. The Hall–Kier alpha value is -0.900. The summed E-state index contributed by atoms with van der Waals surface area (Å²) >= 11 is 9.14. The molecule has 1 N–H and O–H groups in total.